The van der Waals surface area contributed by atoms with Crippen LogP contribution >= 0.6 is 0 Å². The van der Waals surface area contributed by atoms with E-state index in [-0.39, 0.29) is 11.6 Å². The number of anilines is 1. The molecule has 1 fully saturated rings. The molecule has 1 aliphatic rings. The van der Waals surface area contributed by atoms with Gasteiger partial charge >= 0.3 is 0 Å². The fraction of sp³-hybridized carbons (Fsp3) is 0.350. The number of halogens is 1. The molecular weight excluding hydrogens is 345 g/mol. The molecule has 140 valence electrons. The first-order valence-corrected chi connectivity index (χ1v) is 9.10. The Balaban J connectivity index is 1.84. The number of pyridine rings is 1. The number of aromatic nitrogens is 3. The van der Waals surface area contributed by atoms with Crippen LogP contribution in [-0.4, -0.2) is 32.7 Å². The molecule has 0 saturated heterocycles. The standard InChI is InChI=1S/C20H22FN5O/c1-11-6-13(7-12(2)24-11)14-8-18-19(25-17-5-3-4-16(17)21)15(20(22)27)9-23-26(18)10-14/h6-10,16-17,25H,3-5H2,1-2H3,(H2,22,27)/t16-,17+/m0/s1. The molecule has 3 aromatic rings. The lowest BCUT2D eigenvalue weighted by atomic mass is 10.1. The van der Waals surface area contributed by atoms with Gasteiger partial charge < -0.3 is 11.1 Å². The molecule has 3 aromatic heterocycles. The minimum absolute atomic E-state index is 0.272. The molecule has 1 amide bonds. The van der Waals surface area contributed by atoms with Crippen molar-refractivity contribution in [2.24, 2.45) is 5.73 Å². The first-order chi connectivity index (χ1) is 12.9. The normalized spacial score (nSPS) is 19.5. The highest BCUT2D eigenvalue weighted by atomic mass is 19.1. The van der Waals surface area contributed by atoms with E-state index in [1.165, 1.54) is 6.20 Å². The van der Waals surface area contributed by atoms with Crippen molar-refractivity contribution in [2.75, 3.05) is 5.32 Å². The zero-order valence-electron chi connectivity index (χ0n) is 15.4. The number of carbonyl (C=O) groups is 1. The fourth-order valence-electron chi connectivity index (χ4n) is 3.82. The third kappa shape index (κ3) is 3.25. The first kappa shape index (κ1) is 17.5. The van der Waals surface area contributed by atoms with E-state index in [9.17, 15) is 9.18 Å². The van der Waals surface area contributed by atoms with Crippen molar-refractivity contribution in [3.8, 4) is 11.1 Å². The number of hydrogen-bond acceptors (Lipinski definition) is 4. The number of carbonyl (C=O) groups excluding carboxylic acids is 1. The number of nitrogens with one attached hydrogen (secondary N) is 1. The van der Waals surface area contributed by atoms with Crippen molar-refractivity contribution >= 4 is 17.1 Å². The quantitative estimate of drug-likeness (QED) is 0.740. The molecule has 0 radical (unpaired) electrons. The summed E-state index contributed by atoms with van der Waals surface area (Å²) in [5, 5.41) is 7.54. The molecule has 6 nitrogen and oxygen atoms in total. The average molecular weight is 367 g/mol. The summed E-state index contributed by atoms with van der Waals surface area (Å²) < 4.78 is 15.8. The predicted octanol–water partition coefficient (Wildman–Crippen LogP) is 3.41. The van der Waals surface area contributed by atoms with E-state index in [2.05, 4.69) is 15.4 Å². The van der Waals surface area contributed by atoms with Crippen LogP contribution in [0.3, 0.4) is 0 Å². The van der Waals surface area contributed by atoms with Gasteiger partial charge in [-0.3, -0.25) is 9.78 Å². The second-order valence-electron chi connectivity index (χ2n) is 7.19. The molecule has 1 aliphatic carbocycles. The Morgan fingerprint density at radius 2 is 1.96 bits per heavy atom. The minimum Gasteiger partial charge on any atom is -0.377 e. The van der Waals surface area contributed by atoms with Gasteiger partial charge in [0.1, 0.15) is 6.17 Å². The van der Waals surface area contributed by atoms with Crippen molar-refractivity contribution in [1.82, 2.24) is 14.6 Å². The summed E-state index contributed by atoms with van der Waals surface area (Å²) in [7, 11) is 0. The molecule has 0 bridgehead atoms. The van der Waals surface area contributed by atoms with Crippen LogP contribution in [0.1, 0.15) is 41.0 Å². The van der Waals surface area contributed by atoms with Gasteiger partial charge in [0.25, 0.3) is 5.91 Å². The Hall–Kier alpha value is -2.96. The maximum Gasteiger partial charge on any atom is 0.252 e. The maximum atomic E-state index is 14.2. The second kappa shape index (κ2) is 6.64. The molecule has 1 saturated carbocycles. The van der Waals surface area contributed by atoms with E-state index in [0.717, 1.165) is 35.4 Å². The Bertz CT molecular complexity index is 1010. The number of primary amides is 1. The Morgan fingerprint density at radius 3 is 2.59 bits per heavy atom. The number of alkyl halides is 1. The van der Waals surface area contributed by atoms with Gasteiger partial charge in [0.05, 0.1) is 29.0 Å². The molecule has 0 spiro atoms. The minimum atomic E-state index is -0.932. The Morgan fingerprint density at radius 1 is 1.22 bits per heavy atom. The summed E-state index contributed by atoms with van der Waals surface area (Å²) in [6, 6.07) is 5.62. The number of hydrogen-bond donors (Lipinski definition) is 2. The SMILES string of the molecule is Cc1cc(-c2cc3c(N[C@@H]4CCC[C@@H]4F)c(C(N)=O)cnn3c2)cc(C)n1. The van der Waals surface area contributed by atoms with E-state index in [1.807, 2.05) is 38.2 Å². The molecule has 4 rings (SSSR count). The van der Waals surface area contributed by atoms with E-state index in [4.69, 9.17) is 5.73 Å². The number of nitrogens with zero attached hydrogens (tertiary/aromatic N) is 3. The van der Waals surface area contributed by atoms with E-state index in [1.54, 1.807) is 4.52 Å². The van der Waals surface area contributed by atoms with Gasteiger partial charge in [-0.1, -0.05) is 0 Å². The molecule has 27 heavy (non-hydrogen) atoms. The van der Waals surface area contributed by atoms with Crippen molar-refractivity contribution in [2.45, 2.75) is 45.3 Å². The molecule has 3 heterocycles. The van der Waals surface area contributed by atoms with Gasteiger partial charge in [-0.15, -0.1) is 0 Å². The molecular formula is C20H22FN5O. The van der Waals surface area contributed by atoms with Gasteiger partial charge in [0.15, 0.2) is 0 Å². The zero-order valence-corrected chi connectivity index (χ0v) is 15.4. The largest absolute Gasteiger partial charge is 0.377 e. The van der Waals surface area contributed by atoms with Crippen molar-refractivity contribution < 1.29 is 9.18 Å². The van der Waals surface area contributed by atoms with E-state index < -0.39 is 12.1 Å². The Kier molecular flexibility index (Phi) is 4.30. The van der Waals surface area contributed by atoms with E-state index in [0.29, 0.717) is 17.6 Å². The first-order valence-electron chi connectivity index (χ1n) is 9.10. The van der Waals surface area contributed by atoms with Crippen molar-refractivity contribution in [3.63, 3.8) is 0 Å². The van der Waals surface area contributed by atoms with Gasteiger partial charge in [-0.2, -0.15) is 5.10 Å². The van der Waals surface area contributed by atoms with Crippen molar-refractivity contribution in [1.29, 1.82) is 0 Å². The van der Waals surface area contributed by atoms with Gasteiger partial charge in [-0.05, 0) is 56.9 Å². The number of aryl methyl sites for hydroxylation is 2. The lowest BCUT2D eigenvalue weighted by Crippen LogP contribution is -2.27. The highest BCUT2D eigenvalue weighted by Gasteiger charge is 2.29. The highest BCUT2D eigenvalue weighted by Crippen LogP contribution is 2.32. The van der Waals surface area contributed by atoms with Gasteiger partial charge in [-0.25, -0.2) is 8.91 Å². The third-order valence-corrected chi connectivity index (χ3v) is 5.08. The number of amides is 1. The molecule has 0 unspecified atom stereocenters. The van der Waals surface area contributed by atoms with Crippen LogP contribution in [0, 0.1) is 13.8 Å². The molecule has 2 atom stereocenters. The van der Waals surface area contributed by atoms with Crippen LogP contribution < -0.4 is 11.1 Å². The van der Waals surface area contributed by atoms with E-state index >= 15 is 0 Å². The lowest BCUT2D eigenvalue weighted by Gasteiger charge is -2.19. The monoisotopic (exact) mass is 367 g/mol. The molecule has 0 aliphatic heterocycles. The topological polar surface area (TPSA) is 85.3 Å². The summed E-state index contributed by atoms with van der Waals surface area (Å²) in [6.45, 7) is 3.90. The van der Waals surface area contributed by atoms with Gasteiger partial charge in [0, 0.05) is 23.1 Å². The molecule has 7 heteroatoms. The zero-order chi connectivity index (χ0) is 19.1. The number of fused-ring (bicyclic) bond motifs is 1. The number of rotatable bonds is 4. The number of nitrogens with two attached hydrogens (primary N) is 1. The lowest BCUT2D eigenvalue weighted by molar-refractivity contribution is 0.100. The van der Waals surface area contributed by atoms with Gasteiger partial charge in [0.2, 0.25) is 0 Å². The summed E-state index contributed by atoms with van der Waals surface area (Å²) >= 11 is 0. The summed E-state index contributed by atoms with van der Waals surface area (Å²) in [5.41, 5.74) is 10.9. The maximum absolute atomic E-state index is 14.2. The van der Waals surface area contributed by atoms with Crippen LogP contribution in [0.25, 0.3) is 16.6 Å². The second-order valence-corrected chi connectivity index (χ2v) is 7.19. The average Bonchev–Trinajstić information content (AvgIpc) is 3.20. The molecule has 3 N–H and O–H groups in total. The predicted molar refractivity (Wildman–Crippen MR) is 103 cm³/mol. The smallest absolute Gasteiger partial charge is 0.252 e. The summed E-state index contributed by atoms with van der Waals surface area (Å²) in [4.78, 5) is 16.3. The van der Waals surface area contributed by atoms with Crippen LogP contribution in [-0.2, 0) is 0 Å². The molecule has 0 aromatic carbocycles. The third-order valence-electron chi connectivity index (χ3n) is 5.08. The van der Waals surface area contributed by atoms with Crippen LogP contribution in [0.5, 0.6) is 0 Å². The van der Waals surface area contributed by atoms with Crippen LogP contribution in [0.15, 0.2) is 30.6 Å². The van der Waals surface area contributed by atoms with Crippen LogP contribution in [0.4, 0.5) is 10.1 Å². The van der Waals surface area contributed by atoms with Crippen LogP contribution in [0.2, 0.25) is 0 Å². The fourth-order valence-corrected chi connectivity index (χ4v) is 3.82. The van der Waals surface area contributed by atoms with Crippen molar-refractivity contribution in [3.05, 3.63) is 47.5 Å². The summed E-state index contributed by atoms with van der Waals surface area (Å²) in [5.74, 6) is -0.584. The summed E-state index contributed by atoms with van der Waals surface area (Å²) in [6.07, 6.45) is 4.48. The highest BCUT2D eigenvalue weighted by molar-refractivity contribution is 6.02. The Labute approximate surface area is 156 Å².